The van der Waals surface area contributed by atoms with E-state index in [4.69, 9.17) is 9.26 Å². The molecule has 90 valence electrons. The van der Waals surface area contributed by atoms with Crippen LogP contribution in [0.3, 0.4) is 0 Å². The molecule has 0 spiro atoms. The monoisotopic (exact) mass is 232 g/mol. The lowest BCUT2D eigenvalue weighted by atomic mass is 10.3. The van der Waals surface area contributed by atoms with E-state index in [1.54, 1.807) is 0 Å². The summed E-state index contributed by atoms with van der Waals surface area (Å²) < 4.78 is 10.7. The summed E-state index contributed by atoms with van der Waals surface area (Å²) in [6.45, 7) is 4.11. The summed E-state index contributed by atoms with van der Waals surface area (Å²) >= 11 is 0. The molecule has 17 heavy (non-hydrogen) atoms. The second-order valence-electron chi connectivity index (χ2n) is 3.67. The first-order chi connectivity index (χ1) is 8.38. The average molecular weight is 232 g/mol. The number of rotatable bonds is 6. The summed E-state index contributed by atoms with van der Waals surface area (Å²) in [4.78, 5) is 0. The van der Waals surface area contributed by atoms with E-state index >= 15 is 0 Å². The molecule has 1 N–H and O–H groups in total. The van der Waals surface area contributed by atoms with Gasteiger partial charge in [0.2, 0.25) is 0 Å². The number of ether oxygens (including phenoxy) is 1. The molecule has 0 radical (unpaired) electrons. The van der Waals surface area contributed by atoms with Crippen molar-refractivity contribution in [1.29, 1.82) is 0 Å². The summed E-state index contributed by atoms with van der Waals surface area (Å²) in [5.41, 5.74) is 0.901. The van der Waals surface area contributed by atoms with Crippen LogP contribution >= 0.6 is 0 Å². The highest BCUT2D eigenvalue weighted by atomic mass is 16.5. The van der Waals surface area contributed by atoms with Crippen LogP contribution in [0.1, 0.15) is 18.4 Å². The quantitative estimate of drug-likeness (QED) is 0.830. The number of para-hydroxylation sites is 1. The lowest BCUT2D eigenvalue weighted by Gasteiger charge is -2.01. The second kappa shape index (κ2) is 6.06. The summed E-state index contributed by atoms with van der Waals surface area (Å²) in [6, 6.07) is 11.6. The molecule has 4 nitrogen and oxygen atoms in total. The van der Waals surface area contributed by atoms with Crippen molar-refractivity contribution in [2.24, 2.45) is 0 Å². The fraction of sp³-hybridized carbons (Fsp3) is 0.308. The molecule has 2 rings (SSSR count). The molecule has 0 atom stereocenters. The van der Waals surface area contributed by atoms with Gasteiger partial charge < -0.3 is 14.6 Å². The minimum Gasteiger partial charge on any atom is -0.486 e. The summed E-state index contributed by atoms with van der Waals surface area (Å²) in [6.07, 6.45) is 0. The topological polar surface area (TPSA) is 47.3 Å². The Morgan fingerprint density at radius 3 is 2.88 bits per heavy atom. The third-order valence-electron chi connectivity index (χ3n) is 2.29. The van der Waals surface area contributed by atoms with Crippen molar-refractivity contribution in [2.45, 2.75) is 20.1 Å². The molecule has 0 aliphatic carbocycles. The zero-order valence-electron chi connectivity index (χ0n) is 9.85. The Hall–Kier alpha value is -1.81. The first-order valence-electron chi connectivity index (χ1n) is 5.71. The Morgan fingerprint density at radius 1 is 1.29 bits per heavy atom. The van der Waals surface area contributed by atoms with Crippen LogP contribution in [0.25, 0.3) is 0 Å². The fourth-order valence-electron chi connectivity index (χ4n) is 1.43. The lowest BCUT2D eigenvalue weighted by molar-refractivity contribution is 0.248. The number of hydrogen-bond acceptors (Lipinski definition) is 4. The van der Waals surface area contributed by atoms with Crippen molar-refractivity contribution >= 4 is 0 Å². The highest BCUT2D eigenvalue weighted by molar-refractivity contribution is 5.21. The molecule has 0 aliphatic rings. The maximum atomic E-state index is 5.56. The van der Waals surface area contributed by atoms with Crippen LogP contribution < -0.4 is 10.1 Å². The molecule has 0 aliphatic heterocycles. The number of nitrogens with one attached hydrogen (secondary N) is 1. The van der Waals surface area contributed by atoms with Crippen LogP contribution in [0.5, 0.6) is 5.75 Å². The zero-order valence-corrected chi connectivity index (χ0v) is 9.85. The molecule has 1 aromatic carbocycles. The van der Waals surface area contributed by atoms with Gasteiger partial charge in [-0.2, -0.15) is 0 Å². The zero-order chi connectivity index (χ0) is 11.9. The summed E-state index contributed by atoms with van der Waals surface area (Å²) in [5, 5.41) is 7.14. The normalized spacial score (nSPS) is 10.4. The molecular weight excluding hydrogens is 216 g/mol. The smallest absolute Gasteiger partial charge is 0.174 e. The van der Waals surface area contributed by atoms with Gasteiger partial charge in [0.15, 0.2) is 5.76 Å². The van der Waals surface area contributed by atoms with E-state index in [1.807, 2.05) is 36.4 Å². The first-order valence-corrected chi connectivity index (χ1v) is 5.71. The molecule has 1 aromatic heterocycles. The van der Waals surface area contributed by atoms with E-state index in [0.717, 1.165) is 30.3 Å². The summed E-state index contributed by atoms with van der Waals surface area (Å²) in [7, 11) is 0. The number of benzene rings is 1. The molecule has 0 amide bonds. The van der Waals surface area contributed by atoms with Crippen LogP contribution in [0, 0.1) is 0 Å². The number of nitrogens with zero attached hydrogens (tertiary/aromatic N) is 1. The van der Waals surface area contributed by atoms with Gasteiger partial charge in [-0.25, -0.2) is 0 Å². The Labute approximate surface area is 101 Å². The van der Waals surface area contributed by atoms with Crippen molar-refractivity contribution in [3.63, 3.8) is 0 Å². The Morgan fingerprint density at radius 2 is 2.12 bits per heavy atom. The molecule has 0 fully saturated rings. The van der Waals surface area contributed by atoms with Gasteiger partial charge in [-0.05, 0) is 18.7 Å². The third kappa shape index (κ3) is 3.60. The van der Waals surface area contributed by atoms with Crippen molar-refractivity contribution < 1.29 is 9.26 Å². The maximum absolute atomic E-state index is 5.56. The lowest BCUT2D eigenvalue weighted by Crippen LogP contribution is -2.11. The maximum Gasteiger partial charge on any atom is 0.174 e. The molecule has 0 unspecified atom stereocenters. The predicted octanol–water partition coefficient (Wildman–Crippen LogP) is 2.36. The average Bonchev–Trinajstić information content (AvgIpc) is 2.83. The van der Waals surface area contributed by atoms with Crippen molar-refractivity contribution in [3.8, 4) is 5.75 Å². The number of aromatic nitrogens is 1. The Kier molecular flexibility index (Phi) is 4.16. The van der Waals surface area contributed by atoms with Gasteiger partial charge in [-0.3, -0.25) is 0 Å². The van der Waals surface area contributed by atoms with Crippen LogP contribution in [0.2, 0.25) is 0 Å². The molecule has 0 saturated carbocycles. The van der Waals surface area contributed by atoms with Gasteiger partial charge in [0.1, 0.15) is 12.4 Å². The van der Waals surface area contributed by atoms with Gasteiger partial charge in [0, 0.05) is 12.6 Å². The molecule has 2 aromatic rings. The number of hydrogen-bond donors (Lipinski definition) is 1. The van der Waals surface area contributed by atoms with Crippen LogP contribution in [0.4, 0.5) is 0 Å². The van der Waals surface area contributed by atoms with E-state index in [-0.39, 0.29) is 0 Å². The highest BCUT2D eigenvalue weighted by Crippen LogP contribution is 2.12. The molecule has 1 heterocycles. The Bertz CT molecular complexity index is 440. The predicted molar refractivity (Wildman–Crippen MR) is 64.7 cm³/mol. The highest BCUT2D eigenvalue weighted by Gasteiger charge is 2.04. The van der Waals surface area contributed by atoms with Crippen molar-refractivity contribution in [3.05, 3.63) is 47.9 Å². The second-order valence-corrected chi connectivity index (χ2v) is 3.67. The van der Waals surface area contributed by atoms with Gasteiger partial charge in [-0.1, -0.05) is 30.3 Å². The summed E-state index contributed by atoms with van der Waals surface area (Å²) in [5.74, 6) is 1.57. The minimum atomic E-state index is 0.406. The standard InChI is InChI=1S/C13H16N2O2/c1-2-14-9-11-8-13(17-15-11)10-16-12-6-4-3-5-7-12/h3-8,14H,2,9-10H2,1H3. The van der Waals surface area contributed by atoms with Gasteiger partial charge in [0.05, 0.1) is 5.69 Å². The SMILES string of the molecule is CCNCc1cc(COc2ccccc2)on1. The first kappa shape index (κ1) is 11.7. The molecular formula is C13H16N2O2. The largest absolute Gasteiger partial charge is 0.486 e. The van der Waals surface area contributed by atoms with Crippen LogP contribution in [-0.4, -0.2) is 11.7 Å². The van der Waals surface area contributed by atoms with Crippen LogP contribution in [0.15, 0.2) is 40.9 Å². The molecule has 0 saturated heterocycles. The van der Waals surface area contributed by atoms with E-state index in [0.29, 0.717) is 6.61 Å². The Balaban J connectivity index is 1.85. The molecule has 4 heteroatoms. The minimum absolute atomic E-state index is 0.406. The molecule has 0 bridgehead atoms. The van der Waals surface area contributed by atoms with Gasteiger partial charge >= 0.3 is 0 Å². The van der Waals surface area contributed by atoms with E-state index in [2.05, 4.69) is 17.4 Å². The van der Waals surface area contributed by atoms with Crippen molar-refractivity contribution in [2.75, 3.05) is 6.54 Å². The van der Waals surface area contributed by atoms with Gasteiger partial charge in [0.25, 0.3) is 0 Å². The van der Waals surface area contributed by atoms with E-state index < -0.39 is 0 Å². The van der Waals surface area contributed by atoms with E-state index in [9.17, 15) is 0 Å². The van der Waals surface area contributed by atoms with Gasteiger partial charge in [-0.15, -0.1) is 0 Å². The van der Waals surface area contributed by atoms with Crippen LogP contribution in [-0.2, 0) is 13.2 Å². The van der Waals surface area contributed by atoms with Crippen molar-refractivity contribution in [1.82, 2.24) is 10.5 Å². The fourth-order valence-corrected chi connectivity index (χ4v) is 1.43. The third-order valence-corrected chi connectivity index (χ3v) is 2.29. The van der Waals surface area contributed by atoms with E-state index in [1.165, 1.54) is 0 Å².